The van der Waals surface area contributed by atoms with E-state index >= 15 is 0 Å². The van der Waals surface area contributed by atoms with Crippen molar-refractivity contribution in [1.29, 1.82) is 0 Å². The van der Waals surface area contributed by atoms with Crippen LogP contribution in [0.2, 0.25) is 0 Å². The summed E-state index contributed by atoms with van der Waals surface area (Å²) in [4.78, 5) is 1.21. The number of hydrogen-bond donors (Lipinski definition) is 2. The standard InChI is InChI=1S/C8H9N3S/c1-9-8-5-6(10-11-8)7-3-2-4-12-7/h2-5H,1H3,(H2,9,10,11). The summed E-state index contributed by atoms with van der Waals surface area (Å²) in [6.45, 7) is 0. The minimum atomic E-state index is 0.874. The fourth-order valence-electron chi connectivity index (χ4n) is 1.01. The molecule has 0 saturated carbocycles. The van der Waals surface area contributed by atoms with Crippen LogP contribution in [0.5, 0.6) is 0 Å². The molecule has 0 saturated heterocycles. The smallest absolute Gasteiger partial charge is 0.148 e. The molecule has 0 atom stereocenters. The van der Waals surface area contributed by atoms with E-state index in [-0.39, 0.29) is 0 Å². The average Bonchev–Trinajstić information content (AvgIpc) is 2.75. The van der Waals surface area contributed by atoms with Crippen molar-refractivity contribution in [2.45, 2.75) is 0 Å². The molecule has 3 nitrogen and oxygen atoms in total. The number of H-pyrrole nitrogens is 1. The van der Waals surface area contributed by atoms with Crippen LogP contribution < -0.4 is 5.32 Å². The minimum absolute atomic E-state index is 0.874. The molecule has 0 radical (unpaired) electrons. The maximum absolute atomic E-state index is 4.06. The Morgan fingerprint density at radius 1 is 1.58 bits per heavy atom. The van der Waals surface area contributed by atoms with E-state index < -0.39 is 0 Å². The molecule has 0 bridgehead atoms. The summed E-state index contributed by atoms with van der Waals surface area (Å²) in [5.41, 5.74) is 1.06. The third-order valence-corrected chi connectivity index (χ3v) is 2.52. The average molecular weight is 179 g/mol. The Hall–Kier alpha value is -1.29. The molecule has 4 heteroatoms. The molecule has 0 amide bonds. The zero-order valence-electron chi connectivity index (χ0n) is 6.66. The summed E-state index contributed by atoms with van der Waals surface area (Å²) in [6, 6.07) is 6.09. The monoisotopic (exact) mass is 179 g/mol. The highest BCUT2D eigenvalue weighted by atomic mass is 32.1. The van der Waals surface area contributed by atoms with Crippen LogP contribution in [0, 0.1) is 0 Å². The van der Waals surface area contributed by atoms with Gasteiger partial charge in [0.15, 0.2) is 0 Å². The van der Waals surface area contributed by atoms with Gasteiger partial charge in [0.25, 0.3) is 0 Å². The van der Waals surface area contributed by atoms with E-state index in [1.165, 1.54) is 4.88 Å². The van der Waals surface area contributed by atoms with Gasteiger partial charge in [-0.3, -0.25) is 5.10 Å². The third kappa shape index (κ3) is 1.21. The van der Waals surface area contributed by atoms with Crippen molar-refractivity contribution in [1.82, 2.24) is 10.2 Å². The number of thiophene rings is 1. The van der Waals surface area contributed by atoms with Gasteiger partial charge in [-0.15, -0.1) is 11.3 Å². The number of nitrogens with one attached hydrogen (secondary N) is 2. The molecule has 12 heavy (non-hydrogen) atoms. The number of hydrogen-bond acceptors (Lipinski definition) is 3. The first-order chi connectivity index (χ1) is 5.90. The lowest BCUT2D eigenvalue weighted by molar-refractivity contribution is 1.09. The van der Waals surface area contributed by atoms with Crippen molar-refractivity contribution < 1.29 is 0 Å². The molecule has 0 aliphatic carbocycles. The first-order valence-electron chi connectivity index (χ1n) is 3.67. The molecular formula is C8H9N3S. The maximum Gasteiger partial charge on any atom is 0.148 e. The van der Waals surface area contributed by atoms with Gasteiger partial charge in [-0.2, -0.15) is 5.10 Å². The zero-order chi connectivity index (χ0) is 8.39. The number of anilines is 1. The highest BCUT2D eigenvalue weighted by molar-refractivity contribution is 7.13. The van der Waals surface area contributed by atoms with Crippen molar-refractivity contribution in [2.24, 2.45) is 0 Å². The predicted octanol–water partition coefficient (Wildman–Crippen LogP) is 2.18. The van der Waals surface area contributed by atoms with Gasteiger partial charge in [0.2, 0.25) is 0 Å². The molecular weight excluding hydrogens is 170 g/mol. The second-order valence-electron chi connectivity index (χ2n) is 2.39. The largest absolute Gasteiger partial charge is 0.372 e. The van der Waals surface area contributed by atoms with Gasteiger partial charge in [-0.25, -0.2) is 0 Å². The van der Waals surface area contributed by atoms with E-state index in [2.05, 4.69) is 27.0 Å². The number of nitrogens with zero attached hydrogens (tertiary/aromatic N) is 1. The van der Waals surface area contributed by atoms with E-state index in [0.717, 1.165) is 11.5 Å². The second kappa shape index (κ2) is 2.98. The Morgan fingerprint density at radius 3 is 3.08 bits per heavy atom. The molecule has 2 aromatic heterocycles. The topological polar surface area (TPSA) is 40.7 Å². The molecule has 62 valence electrons. The Balaban J connectivity index is 2.35. The van der Waals surface area contributed by atoms with Crippen molar-refractivity contribution >= 4 is 17.2 Å². The Bertz CT molecular complexity index is 350. The highest BCUT2D eigenvalue weighted by Gasteiger charge is 2.01. The van der Waals surface area contributed by atoms with Crippen LogP contribution in [-0.2, 0) is 0 Å². The van der Waals surface area contributed by atoms with E-state index in [4.69, 9.17) is 0 Å². The molecule has 0 fully saturated rings. The van der Waals surface area contributed by atoms with Crippen LogP contribution in [0.3, 0.4) is 0 Å². The van der Waals surface area contributed by atoms with Crippen LogP contribution in [0.1, 0.15) is 0 Å². The summed E-state index contributed by atoms with van der Waals surface area (Å²) < 4.78 is 0. The van der Waals surface area contributed by atoms with Crippen LogP contribution in [0.15, 0.2) is 23.6 Å². The lowest BCUT2D eigenvalue weighted by atomic mass is 10.3. The van der Waals surface area contributed by atoms with E-state index in [0.29, 0.717) is 0 Å². The van der Waals surface area contributed by atoms with E-state index in [1.54, 1.807) is 11.3 Å². The van der Waals surface area contributed by atoms with E-state index in [1.807, 2.05) is 19.2 Å². The van der Waals surface area contributed by atoms with Gasteiger partial charge in [-0.05, 0) is 11.4 Å². The summed E-state index contributed by atoms with van der Waals surface area (Å²) in [7, 11) is 1.86. The normalized spacial score (nSPS) is 10.1. The summed E-state index contributed by atoms with van der Waals surface area (Å²) in [5.74, 6) is 0.874. The minimum Gasteiger partial charge on any atom is -0.372 e. The maximum atomic E-state index is 4.06. The third-order valence-electron chi connectivity index (χ3n) is 1.62. The molecule has 0 spiro atoms. The molecule has 2 N–H and O–H groups in total. The van der Waals surface area contributed by atoms with Crippen LogP contribution in [0.4, 0.5) is 5.82 Å². The van der Waals surface area contributed by atoms with Crippen molar-refractivity contribution in [3.8, 4) is 10.6 Å². The lowest BCUT2D eigenvalue weighted by Crippen LogP contribution is -1.85. The summed E-state index contributed by atoms with van der Waals surface area (Å²) >= 11 is 1.70. The lowest BCUT2D eigenvalue weighted by Gasteiger charge is -1.87. The van der Waals surface area contributed by atoms with Gasteiger partial charge in [-0.1, -0.05) is 6.07 Å². The van der Waals surface area contributed by atoms with Crippen LogP contribution in [0.25, 0.3) is 10.6 Å². The Morgan fingerprint density at radius 2 is 2.50 bits per heavy atom. The van der Waals surface area contributed by atoms with Gasteiger partial charge in [0.05, 0.1) is 10.6 Å². The molecule has 2 rings (SSSR count). The first kappa shape index (κ1) is 7.36. The number of aromatic amines is 1. The van der Waals surface area contributed by atoms with Gasteiger partial charge in [0.1, 0.15) is 5.82 Å². The van der Waals surface area contributed by atoms with Crippen molar-refractivity contribution in [3.05, 3.63) is 23.6 Å². The van der Waals surface area contributed by atoms with Gasteiger partial charge >= 0.3 is 0 Å². The highest BCUT2D eigenvalue weighted by Crippen LogP contribution is 2.23. The molecule has 0 aliphatic heterocycles. The SMILES string of the molecule is CNc1cc(-c2cccs2)[nH]n1. The molecule has 0 unspecified atom stereocenters. The van der Waals surface area contributed by atoms with Crippen LogP contribution in [-0.4, -0.2) is 17.2 Å². The quantitative estimate of drug-likeness (QED) is 0.741. The fraction of sp³-hybridized carbons (Fsp3) is 0.125. The Labute approximate surface area is 74.4 Å². The first-order valence-corrected chi connectivity index (χ1v) is 4.55. The summed E-state index contributed by atoms with van der Waals surface area (Å²) in [6.07, 6.45) is 0. The molecule has 2 heterocycles. The zero-order valence-corrected chi connectivity index (χ0v) is 7.48. The summed E-state index contributed by atoms with van der Waals surface area (Å²) in [5, 5.41) is 12.0. The van der Waals surface area contributed by atoms with Gasteiger partial charge < -0.3 is 5.32 Å². The van der Waals surface area contributed by atoms with Crippen LogP contribution >= 0.6 is 11.3 Å². The number of aromatic nitrogens is 2. The van der Waals surface area contributed by atoms with Crippen molar-refractivity contribution in [2.75, 3.05) is 12.4 Å². The van der Waals surface area contributed by atoms with Gasteiger partial charge in [0, 0.05) is 13.1 Å². The van der Waals surface area contributed by atoms with Crippen molar-refractivity contribution in [3.63, 3.8) is 0 Å². The fourth-order valence-corrected chi connectivity index (χ4v) is 1.70. The molecule has 2 aromatic rings. The Kier molecular flexibility index (Phi) is 1.83. The van der Waals surface area contributed by atoms with E-state index in [9.17, 15) is 0 Å². The molecule has 0 aliphatic rings. The number of rotatable bonds is 2. The predicted molar refractivity (Wildman–Crippen MR) is 51.4 cm³/mol. The molecule has 0 aromatic carbocycles. The second-order valence-corrected chi connectivity index (χ2v) is 3.34.